The van der Waals surface area contributed by atoms with Gasteiger partial charge in [-0.05, 0) is 5.92 Å². The minimum absolute atomic E-state index is 0.184. The lowest BCUT2D eigenvalue weighted by Gasteiger charge is -2.26. The number of carboxylic acid groups (broad SMARTS) is 2. The number of alkyl halides is 3. The highest BCUT2D eigenvalue weighted by molar-refractivity contribution is 7.86. The van der Waals surface area contributed by atoms with E-state index in [0.29, 0.717) is 6.42 Å². The van der Waals surface area contributed by atoms with Crippen LogP contribution in [0.5, 0.6) is 0 Å². The van der Waals surface area contributed by atoms with E-state index in [4.69, 9.17) is 24.1 Å². The highest BCUT2D eigenvalue weighted by Gasteiger charge is 2.34. The molecule has 0 aliphatic rings. The number of rotatable bonds is 13. The lowest BCUT2D eigenvalue weighted by atomic mass is 9.97. The zero-order valence-corrected chi connectivity index (χ0v) is 21.9. The molecule has 5 atom stereocenters. The fraction of sp³-hybridized carbons (Fsp3) is 0.750. The molecule has 0 bridgehead atoms. The van der Waals surface area contributed by atoms with Crippen LogP contribution in [0.25, 0.3) is 0 Å². The summed E-state index contributed by atoms with van der Waals surface area (Å²) in [7, 11) is -8.97. The van der Waals surface area contributed by atoms with Crippen molar-refractivity contribution in [1.82, 2.24) is 10.6 Å². The van der Waals surface area contributed by atoms with Crippen molar-refractivity contribution in [3.05, 3.63) is 0 Å². The van der Waals surface area contributed by atoms with Crippen molar-refractivity contribution in [1.29, 1.82) is 0 Å². The molecule has 0 saturated carbocycles. The molecule has 8 N–H and O–H groups in total. The molecular weight excluding hydrogens is 579 g/mol. The molecule has 0 unspecified atom stereocenters. The van der Waals surface area contributed by atoms with E-state index in [2.05, 4.69) is 23.7 Å². The van der Waals surface area contributed by atoms with Gasteiger partial charge in [0, 0.05) is 6.42 Å². The Bertz CT molecular complexity index is 1020. The number of hydrogen-bond donors (Lipinski definition) is 7. The average molecular weight is 608 g/mol. The van der Waals surface area contributed by atoms with Crippen LogP contribution in [0, 0.1) is 5.92 Å². The molecule has 37 heavy (non-hydrogen) atoms. The first kappa shape index (κ1) is 37.0. The van der Waals surface area contributed by atoms with Gasteiger partial charge in [-0.25, -0.2) is 4.79 Å². The monoisotopic (exact) mass is 607 g/mol. The van der Waals surface area contributed by atoms with Crippen molar-refractivity contribution in [3.8, 4) is 0 Å². The third-order valence-electron chi connectivity index (χ3n) is 4.48. The summed E-state index contributed by atoms with van der Waals surface area (Å²) in [6, 6.07) is -4.06. The van der Waals surface area contributed by atoms with Crippen LogP contribution in [0.3, 0.4) is 0 Å². The fourth-order valence-corrected chi connectivity index (χ4v) is 3.73. The molecule has 218 valence electrons. The predicted octanol–water partition coefficient (Wildman–Crippen LogP) is -3.54. The Morgan fingerprint density at radius 3 is 1.81 bits per heavy atom. The van der Waals surface area contributed by atoms with Gasteiger partial charge in [0.05, 0.1) is 5.75 Å². The zero-order valence-electron chi connectivity index (χ0n) is 19.3. The number of amides is 2. The van der Waals surface area contributed by atoms with Crippen LogP contribution in [-0.4, -0.2) is 95.9 Å². The summed E-state index contributed by atoms with van der Waals surface area (Å²) >= 11 is 4.06. The second-order valence-corrected chi connectivity index (χ2v) is 11.2. The van der Waals surface area contributed by atoms with Crippen molar-refractivity contribution in [2.75, 3.05) is 11.5 Å². The molecule has 0 heterocycles. The Hall–Kier alpha value is -2.20. The van der Waals surface area contributed by atoms with Gasteiger partial charge < -0.3 is 31.4 Å². The average Bonchev–Trinajstić information content (AvgIpc) is 2.72. The summed E-state index contributed by atoms with van der Waals surface area (Å²) in [6.07, 6.45) is -5.00. The molecule has 0 aromatic carbocycles. The van der Waals surface area contributed by atoms with Crippen LogP contribution < -0.4 is 21.5 Å². The number of carboxylic acids is 2. The van der Waals surface area contributed by atoms with Crippen LogP contribution in [-0.2, 0) is 39.4 Å². The molecule has 0 radical (unpaired) electrons. The van der Waals surface area contributed by atoms with Gasteiger partial charge in [0.15, 0.2) is 0 Å². The molecule has 0 aromatic heterocycles. The Labute approximate surface area is 215 Å². The maximum atomic E-state index is 12.5. The molecule has 0 aromatic rings. The summed E-state index contributed by atoms with van der Waals surface area (Å²) in [6.45, 7) is 3.27. The zero-order chi connectivity index (χ0) is 29.9. The van der Waals surface area contributed by atoms with Crippen LogP contribution >= 0.6 is 12.6 Å². The molecular formula is C16H28F3N3O12S3. The van der Waals surface area contributed by atoms with Gasteiger partial charge in [-0.3, -0.25) is 18.7 Å². The first-order valence-electron chi connectivity index (χ1n) is 9.96. The standard InChI is InChI=1S/C14H27N3O10S3.C2HF3O2/c1-3-7(2)10(12(18)16-9(14(20)21)6-30(25,26)27)17-13(19)11(28)8(15)4-5-29(22,23)24;3-2(4,5)1(6)7/h7-11,28H,3-6,15H2,1-2H3,(H,16,18)(H,17,19)(H,20,21)(H,22,23,24)(H,25,26,27);(H,6,7)/t7-,8+,9-,10-,11+;/m0./s1. The van der Waals surface area contributed by atoms with Gasteiger partial charge in [-0.1, -0.05) is 20.3 Å². The van der Waals surface area contributed by atoms with E-state index in [-0.39, 0.29) is 6.42 Å². The van der Waals surface area contributed by atoms with Crippen molar-refractivity contribution >= 4 is 56.6 Å². The van der Waals surface area contributed by atoms with E-state index >= 15 is 0 Å². The fourth-order valence-electron chi connectivity index (χ4n) is 2.26. The molecule has 2 amide bonds. The van der Waals surface area contributed by atoms with Gasteiger partial charge in [0.25, 0.3) is 20.2 Å². The number of hydrogen-bond acceptors (Lipinski definition) is 10. The number of carbonyl (C=O) groups is 4. The number of thiol groups is 1. The van der Waals surface area contributed by atoms with E-state index in [1.165, 1.54) is 0 Å². The smallest absolute Gasteiger partial charge is 0.430 e. The number of halogens is 3. The first-order valence-corrected chi connectivity index (χ1v) is 13.7. The van der Waals surface area contributed by atoms with Gasteiger partial charge in [-0.15, -0.1) is 0 Å². The third kappa shape index (κ3) is 17.0. The lowest BCUT2D eigenvalue weighted by Crippen LogP contribution is -2.69. The van der Waals surface area contributed by atoms with Crippen molar-refractivity contribution in [2.45, 2.75) is 56.2 Å². The van der Waals surface area contributed by atoms with Crippen molar-refractivity contribution in [3.63, 3.8) is 0 Å². The number of nitrogens with one attached hydrogen (secondary N) is 2. The van der Waals surface area contributed by atoms with E-state index < -0.39 is 91.0 Å². The maximum absolute atomic E-state index is 12.5. The molecule has 0 saturated heterocycles. The second kappa shape index (κ2) is 15.3. The summed E-state index contributed by atoms with van der Waals surface area (Å²) in [4.78, 5) is 44.9. The molecule has 21 heteroatoms. The number of quaternary nitrogens is 1. The Morgan fingerprint density at radius 1 is 1.03 bits per heavy atom. The molecule has 0 fully saturated rings. The molecule has 0 aliphatic heterocycles. The number of aliphatic carboxylic acids is 2. The molecule has 15 nitrogen and oxygen atoms in total. The summed E-state index contributed by atoms with van der Waals surface area (Å²) in [5.74, 6) is -8.91. The Kier molecular flexibility index (Phi) is 15.3. The topological polar surface area (TPSA) is 272 Å². The molecule has 0 rings (SSSR count). The third-order valence-corrected chi connectivity index (χ3v) is 6.64. The van der Waals surface area contributed by atoms with Crippen LogP contribution in [0.2, 0.25) is 0 Å². The van der Waals surface area contributed by atoms with Crippen LogP contribution in [0.4, 0.5) is 13.2 Å². The van der Waals surface area contributed by atoms with E-state index in [1.807, 2.05) is 5.32 Å². The van der Waals surface area contributed by atoms with Crippen molar-refractivity contribution < 1.29 is 74.2 Å². The maximum Gasteiger partial charge on any atom is 0.430 e. The Balaban J connectivity index is 0. The van der Waals surface area contributed by atoms with Gasteiger partial charge in [-0.2, -0.15) is 42.6 Å². The lowest BCUT2D eigenvalue weighted by molar-refractivity contribution is -0.416. The van der Waals surface area contributed by atoms with Crippen LogP contribution in [0.1, 0.15) is 26.7 Å². The molecule has 0 spiro atoms. The van der Waals surface area contributed by atoms with Gasteiger partial charge in [0.2, 0.25) is 11.8 Å². The SMILES string of the molecule is CC[C@H](C)[C@H](NC(=O)[C@H](S)[C@H]([NH3+])CCS(=O)(=O)O)C(=O)N[C@@H](CS(=O)(=O)O)C(=O)O.O=C([O-])C(F)(F)F. The summed E-state index contributed by atoms with van der Waals surface area (Å²) < 4.78 is 92.7. The minimum atomic E-state index is -5.19. The van der Waals surface area contributed by atoms with Crippen molar-refractivity contribution in [2.24, 2.45) is 5.92 Å². The highest BCUT2D eigenvalue weighted by Crippen LogP contribution is 2.12. The van der Waals surface area contributed by atoms with Crippen LogP contribution in [0.15, 0.2) is 0 Å². The van der Waals surface area contributed by atoms with E-state index in [1.54, 1.807) is 13.8 Å². The van der Waals surface area contributed by atoms with Gasteiger partial charge >= 0.3 is 12.1 Å². The summed E-state index contributed by atoms with van der Waals surface area (Å²) in [5, 5.41) is 21.0. The molecule has 0 aliphatic carbocycles. The van der Waals surface area contributed by atoms with Gasteiger partial charge in [0.1, 0.15) is 35.1 Å². The number of carbonyl (C=O) groups excluding carboxylic acids is 3. The second-order valence-electron chi connectivity index (χ2n) is 7.58. The largest absolute Gasteiger partial charge is 0.542 e. The summed E-state index contributed by atoms with van der Waals surface area (Å²) in [5.41, 5.74) is 3.61. The Morgan fingerprint density at radius 2 is 1.49 bits per heavy atom. The first-order chi connectivity index (χ1) is 16.4. The van der Waals surface area contributed by atoms with E-state index in [0.717, 1.165) is 0 Å². The normalized spacial score (nSPS) is 16.1. The highest BCUT2D eigenvalue weighted by atomic mass is 32.2. The minimum Gasteiger partial charge on any atom is -0.542 e. The quantitative estimate of drug-likeness (QED) is 0.0792. The van der Waals surface area contributed by atoms with E-state index in [9.17, 15) is 44.4 Å². The predicted molar refractivity (Wildman–Crippen MR) is 119 cm³/mol.